The molecule has 1 atom stereocenters. The molecule has 18 heavy (non-hydrogen) atoms. The van der Waals surface area contributed by atoms with Crippen molar-refractivity contribution in [2.75, 3.05) is 6.54 Å². The highest BCUT2D eigenvalue weighted by Crippen LogP contribution is 2.28. The maximum Gasteiger partial charge on any atom is 0.115 e. The van der Waals surface area contributed by atoms with E-state index in [2.05, 4.69) is 43.2 Å². The number of aromatic nitrogens is 1. The van der Waals surface area contributed by atoms with Crippen molar-refractivity contribution in [2.24, 2.45) is 0 Å². The van der Waals surface area contributed by atoms with Gasteiger partial charge in [-0.3, -0.25) is 0 Å². The largest absolute Gasteiger partial charge is 0.305 e. The van der Waals surface area contributed by atoms with Gasteiger partial charge in [-0.15, -0.1) is 11.3 Å². The van der Waals surface area contributed by atoms with Gasteiger partial charge in [0.05, 0.1) is 11.7 Å². The van der Waals surface area contributed by atoms with Gasteiger partial charge in [0.15, 0.2) is 0 Å². The SMILES string of the molecule is CCNC(c1ccc(Cl)cc1)c1nc(C)c(C)s1. The average molecular weight is 281 g/mol. The number of halogens is 1. The molecule has 1 unspecified atom stereocenters. The van der Waals surface area contributed by atoms with E-state index < -0.39 is 0 Å². The highest BCUT2D eigenvalue weighted by Gasteiger charge is 2.17. The van der Waals surface area contributed by atoms with E-state index in [4.69, 9.17) is 11.6 Å². The van der Waals surface area contributed by atoms with Crippen LogP contribution in [0, 0.1) is 13.8 Å². The van der Waals surface area contributed by atoms with Crippen LogP contribution >= 0.6 is 22.9 Å². The van der Waals surface area contributed by atoms with Gasteiger partial charge >= 0.3 is 0 Å². The van der Waals surface area contributed by atoms with Gasteiger partial charge in [0.2, 0.25) is 0 Å². The Morgan fingerprint density at radius 2 is 1.94 bits per heavy atom. The molecule has 0 radical (unpaired) electrons. The molecule has 1 aromatic carbocycles. The van der Waals surface area contributed by atoms with E-state index in [1.807, 2.05) is 12.1 Å². The van der Waals surface area contributed by atoms with E-state index in [1.54, 1.807) is 11.3 Å². The van der Waals surface area contributed by atoms with Crippen molar-refractivity contribution in [3.8, 4) is 0 Å². The molecule has 1 N–H and O–H groups in total. The van der Waals surface area contributed by atoms with Gasteiger partial charge in [-0.05, 0) is 38.1 Å². The Morgan fingerprint density at radius 3 is 2.44 bits per heavy atom. The smallest absolute Gasteiger partial charge is 0.115 e. The molecule has 0 aliphatic carbocycles. The first-order valence-corrected chi connectivity index (χ1v) is 7.24. The number of hydrogen-bond acceptors (Lipinski definition) is 3. The maximum atomic E-state index is 5.94. The lowest BCUT2D eigenvalue weighted by Crippen LogP contribution is -2.21. The number of aryl methyl sites for hydroxylation is 2. The Kier molecular flexibility index (Phi) is 4.38. The molecular weight excluding hydrogens is 264 g/mol. The molecule has 2 aromatic rings. The molecule has 0 saturated heterocycles. The summed E-state index contributed by atoms with van der Waals surface area (Å²) < 4.78 is 0. The average Bonchev–Trinajstić information content (AvgIpc) is 2.68. The standard InChI is InChI=1S/C14H17ClN2S/c1-4-16-13(11-5-7-12(15)8-6-11)14-17-9(2)10(3)18-14/h5-8,13,16H,4H2,1-3H3. The molecule has 0 amide bonds. The summed E-state index contributed by atoms with van der Waals surface area (Å²) >= 11 is 7.69. The molecule has 4 heteroatoms. The van der Waals surface area contributed by atoms with Gasteiger partial charge in [0, 0.05) is 9.90 Å². The summed E-state index contributed by atoms with van der Waals surface area (Å²) in [6.07, 6.45) is 0. The van der Waals surface area contributed by atoms with Crippen LogP contribution in [-0.2, 0) is 0 Å². The molecule has 1 heterocycles. The third kappa shape index (κ3) is 2.91. The van der Waals surface area contributed by atoms with E-state index in [1.165, 1.54) is 10.4 Å². The van der Waals surface area contributed by atoms with Crippen molar-refractivity contribution in [2.45, 2.75) is 26.8 Å². The van der Waals surface area contributed by atoms with Gasteiger partial charge in [0.25, 0.3) is 0 Å². The van der Waals surface area contributed by atoms with E-state index in [0.717, 1.165) is 22.3 Å². The molecule has 0 aliphatic heterocycles. The molecule has 2 rings (SSSR count). The quantitative estimate of drug-likeness (QED) is 0.912. The zero-order chi connectivity index (χ0) is 13.1. The monoisotopic (exact) mass is 280 g/mol. The van der Waals surface area contributed by atoms with Crippen molar-refractivity contribution in [3.63, 3.8) is 0 Å². The summed E-state index contributed by atoms with van der Waals surface area (Å²) in [4.78, 5) is 5.93. The molecule has 0 saturated carbocycles. The molecular formula is C14H17ClN2S. The normalized spacial score (nSPS) is 12.7. The van der Waals surface area contributed by atoms with E-state index in [9.17, 15) is 0 Å². The highest BCUT2D eigenvalue weighted by atomic mass is 35.5. The summed E-state index contributed by atoms with van der Waals surface area (Å²) in [5, 5.41) is 5.36. The first-order valence-electron chi connectivity index (χ1n) is 6.04. The number of rotatable bonds is 4. The topological polar surface area (TPSA) is 24.9 Å². The lowest BCUT2D eigenvalue weighted by molar-refractivity contribution is 0.626. The third-order valence-electron chi connectivity index (χ3n) is 2.90. The predicted octanol–water partition coefficient (Wildman–Crippen LogP) is 4.11. The second kappa shape index (κ2) is 5.83. The number of benzene rings is 1. The maximum absolute atomic E-state index is 5.94. The van der Waals surface area contributed by atoms with Gasteiger partial charge in [-0.1, -0.05) is 30.7 Å². The zero-order valence-electron chi connectivity index (χ0n) is 10.8. The van der Waals surface area contributed by atoms with Gasteiger partial charge in [-0.2, -0.15) is 0 Å². The minimum atomic E-state index is 0.157. The van der Waals surface area contributed by atoms with Crippen molar-refractivity contribution >= 4 is 22.9 Å². The molecule has 96 valence electrons. The third-order valence-corrected chi connectivity index (χ3v) is 4.29. The van der Waals surface area contributed by atoms with E-state index in [-0.39, 0.29) is 6.04 Å². The van der Waals surface area contributed by atoms with Crippen molar-refractivity contribution in [3.05, 3.63) is 50.4 Å². The van der Waals surface area contributed by atoms with Crippen LogP contribution in [0.25, 0.3) is 0 Å². The van der Waals surface area contributed by atoms with Crippen LogP contribution in [0.1, 0.15) is 34.1 Å². The molecule has 0 aliphatic rings. The fourth-order valence-corrected chi connectivity index (χ4v) is 2.98. The number of hydrogen-bond donors (Lipinski definition) is 1. The lowest BCUT2D eigenvalue weighted by Gasteiger charge is -2.15. The zero-order valence-corrected chi connectivity index (χ0v) is 12.4. The Balaban J connectivity index is 2.36. The summed E-state index contributed by atoms with van der Waals surface area (Å²) in [5.74, 6) is 0. The Morgan fingerprint density at radius 1 is 1.28 bits per heavy atom. The van der Waals surface area contributed by atoms with Crippen LogP contribution in [0.2, 0.25) is 5.02 Å². The van der Waals surface area contributed by atoms with Crippen LogP contribution < -0.4 is 5.32 Å². The molecule has 1 aromatic heterocycles. The second-order valence-electron chi connectivity index (χ2n) is 4.24. The lowest BCUT2D eigenvalue weighted by atomic mass is 10.1. The Hall–Kier alpha value is -0.900. The summed E-state index contributed by atoms with van der Waals surface area (Å²) in [6, 6.07) is 8.12. The highest BCUT2D eigenvalue weighted by molar-refractivity contribution is 7.11. The Labute approximate surface area is 117 Å². The minimum absolute atomic E-state index is 0.157. The fraction of sp³-hybridized carbons (Fsp3) is 0.357. The number of nitrogens with zero attached hydrogens (tertiary/aromatic N) is 1. The second-order valence-corrected chi connectivity index (χ2v) is 5.91. The predicted molar refractivity (Wildman–Crippen MR) is 78.6 cm³/mol. The van der Waals surface area contributed by atoms with Crippen LogP contribution in [-0.4, -0.2) is 11.5 Å². The first kappa shape index (κ1) is 13.5. The molecule has 0 bridgehead atoms. The fourth-order valence-electron chi connectivity index (χ4n) is 1.83. The van der Waals surface area contributed by atoms with Crippen LogP contribution in [0.15, 0.2) is 24.3 Å². The van der Waals surface area contributed by atoms with E-state index >= 15 is 0 Å². The number of nitrogens with one attached hydrogen (secondary N) is 1. The van der Waals surface area contributed by atoms with Gasteiger partial charge in [0.1, 0.15) is 5.01 Å². The van der Waals surface area contributed by atoms with Crippen LogP contribution in [0.3, 0.4) is 0 Å². The van der Waals surface area contributed by atoms with Crippen molar-refractivity contribution in [1.82, 2.24) is 10.3 Å². The van der Waals surface area contributed by atoms with E-state index in [0.29, 0.717) is 0 Å². The summed E-state index contributed by atoms with van der Waals surface area (Å²) in [6.45, 7) is 7.18. The van der Waals surface area contributed by atoms with Crippen molar-refractivity contribution in [1.29, 1.82) is 0 Å². The molecule has 2 nitrogen and oxygen atoms in total. The van der Waals surface area contributed by atoms with Crippen LogP contribution in [0.4, 0.5) is 0 Å². The minimum Gasteiger partial charge on any atom is -0.305 e. The van der Waals surface area contributed by atoms with Gasteiger partial charge in [-0.25, -0.2) is 4.98 Å². The molecule has 0 fully saturated rings. The summed E-state index contributed by atoms with van der Waals surface area (Å²) in [5.41, 5.74) is 2.32. The Bertz CT molecular complexity index is 500. The first-order chi connectivity index (χ1) is 8.61. The van der Waals surface area contributed by atoms with Crippen LogP contribution in [0.5, 0.6) is 0 Å². The van der Waals surface area contributed by atoms with Crippen molar-refractivity contribution < 1.29 is 0 Å². The van der Waals surface area contributed by atoms with Gasteiger partial charge < -0.3 is 5.32 Å². The molecule has 0 spiro atoms. The summed E-state index contributed by atoms with van der Waals surface area (Å²) in [7, 11) is 0. The number of thiazole rings is 1.